The van der Waals surface area contributed by atoms with E-state index in [0.717, 1.165) is 22.3 Å². The third kappa shape index (κ3) is 7.65. The predicted molar refractivity (Wildman–Crippen MR) is 126 cm³/mol. The van der Waals surface area contributed by atoms with Crippen LogP contribution in [0.1, 0.15) is 36.1 Å². The van der Waals surface area contributed by atoms with Gasteiger partial charge in [0.25, 0.3) is 0 Å². The summed E-state index contributed by atoms with van der Waals surface area (Å²) in [5.74, 6) is -0.0419. The number of carbonyl (C=O) groups is 1. The quantitative estimate of drug-likeness (QED) is 0.375. The van der Waals surface area contributed by atoms with Gasteiger partial charge in [-0.3, -0.25) is 4.79 Å². The Morgan fingerprint density at radius 2 is 1.12 bits per heavy atom. The lowest BCUT2D eigenvalue weighted by Crippen LogP contribution is -2.11. The minimum atomic E-state index is -3.60. The van der Waals surface area contributed by atoms with Crippen LogP contribution >= 0.6 is 0 Å². The van der Waals surface area contributed by atoms with E-state index in [-0.39, 0.29) is 28.8 Å². The number of hydrogen-bond donors (Lipinski definition) is 0. The minimum Gasteiger partial charge on any atom is -0.382 e. The summed E-state index contributed by atoms with van der Waals surface area (Å²) in [5.41, 5.74) is 3.02. The Balaban J connectivity index is 2.07. The monoisotopic (exact) mass is 478 g/mol. The van der Waals surface area contributed by atoms with E-state index in [1.165, 1.54) is 38.1 Å². The van der Waals surface area contributed by atoms with E-state index < -0.39 is 20.2 Å². The molecule has 2 aromatic carbocycles. The first kappa shape index (κ1) is 25.4. The molecule has 0 saturated heterocycles. The zero-order valence-electron chi connectivity index (χ0n) is 18.4. The van der Waals surface area contributed by atoms with Crippen molar-refractivity contribution in [3.05, 3.63) is 70.8 Å². The van der Waals surface area contributed by atoms with Gasteiger partial charge in [0.15, 0.2) is 5.78 Å². The third-order valence-electron chi connectivity index (χ3n) is 4.49. The fourth-order valence-electron chi connectivity index (χ4n) is 2.58. The van der Waals surface area contributed by atoms with Crippen molar-refractivity contribution < 1.29 is 30.0 Å². The van der Waals surface area contributed by atoms with Crippen molar-refractivity contribution in [3.63, 3.8) is 0 Å². The highest BCUT2D eigenvalue weighted by Crippen LogP contribution is 2.21. The summed E-state index contributed by atoms with van der Waals surface area (Å²) < 4.78 is 56.2. The fraction of sp³-hybridized carbons (Fsp3) is 0.261. The molecule has 2 rings (SSSR count). The molecule has 0 spiro atoms. The molecule has 0 aliphatic rings. The molecular formula is C23H26O7S2. The Morgan fingerprint density at radius 3 is 1.44 bits per heavy atom. The summed E-state index contributed by atoms with van der Waals surface area (Å²) in [5, 5.41) is 0. The lowest BCUT2D eigenvalue weighted by atomic mass is 10.1. The molecule has 0 heterocycles. The normalized spacial score (nSPS) is 12.4. The highest BCUT2D eigenvalue weighted by atomic mass is 32.2. The highest BCUT2D eigenvalue weighted by molar-refractivity contribution is 7.87. The van der Waals surface area contributed by atoms with Crippen molar-refractivity contribution in [2.75, 3.05) is 11.5 Å². The van der Waals surface area contributed by atoms with E-state index in [4.69, 9.17) is 8.37 Å². The van der Waals surface area contributed by atoms with Crippen LogP contribution in [0.25, 0.3) is 12.2 Å². The first-order chi connectivity index (χ1) is 14.9. The van der Waals surface area contributed by atoms with Crippen molar-refractivity contribution in [3.8, 4) is 11.5 Å². The van der Waals surface area contributed by atoms with Crippen molar-refractivity contribution in [1.29, 1.82) is 0 Å². The number of benzene rings is 2. The standard InChI is InChI=1S/C23H26O7S2/c1-5-31(25,26)29-22-13-9-19(17(3)15-22)7-11-21(24)12-8-20-10-14-23(16-18(20)4)30-32(27,28)6-2/h7-16H,5-6H2,1-4H3/b11-7+,12-8+. The van der Waals surface area contributed by atoms with E-state index in [0.29, 0.717) is 0 Å². The van der Waals surface area contributed by atoms with Crippen molar-refractivity contribution in [2.24, 2.45) is 0 Å². The van der Waals surface area contributed by atoms with Gasteiger partial charge in [-0.05, 0) is 86.4 Å². The predicted octanol–water partition coefficient (Wildman–Crippen LogP) is 4.06. The van der Waals surface area contributed by atoms with Gasteiger partial charge in [-0.25, -0.2) is 0 Å². The Kier molecular flexibility index (Phi) is 8.40. The molecule has 7 nitrogen and oxygen atoms in total. The molecule has 0 aliphatic carbocycles. The molecule has 172 valence electrons. The second kappa shape index (κ2) is 10.6. The van der Waals surface area contributed by atoms with E-state index in [2.05, 4.69) is 0 Å². The first-order valence-corrected chi connectivity index (χ1v) is 13.1. The number of allylic oxidation sites excluding steroid dienone is 2. The summed E-state index contributed by atoms with van der Waals surface area (Å²) in [6.45, 7) is 6.58. The largest absolute Gasteiger partial charge is 0.382 e. The molecule has 0 atom stereocenters. The Hall–Kier alpha value is -2.91. The van der Waals surface area contributed by atoms with Crippen LogP contribution in [0.15, 0.2) is 48.6 Å². The maximum absolute atomic E-state index is 12.2. The van der Waals surface area contributed by atoms with Crippen molar-refractivity contribution in [2.45, 2.75) is 27.7 Å². The van der Waals surface area contributed by atoms with E-state index >= 15 is 0 Å². The second-order valence-corrected chi connectivity index (χ2v) is 10.7. The Morgan fingerprint density at radius 1 is 0.750 bits per heavy atom. The molecule has 9 heteroatoms. The Bertz CT molecular complexity index is 1160. The zero-order chi connectivity index (χ0) is 23.9. The van der Waals surface area contributed by atoms with Crippen molar-refractivity contribution >= 4 is 38.2 Å². The van der Waals surface area contributed by atoms with Crippen LogP contribution in [-0.4, -0.2) is 34.1 Å². The van der Waals surface area contributed by atoms with Crippen LogP contribution in [0.4, 0.5) is 0 Å². The van der Waals surface area contributed by atoms with Gasteiger partial charge < -0.3 is 8.37 Å². The average Bonchev–Trinajstić information content (AvgIpc) is 2.72. The molecule has 0 bridgehead atoms. The topological polar surface area (TPSA) is 104 Å². The number of aryl methyl sites for hydroxylation is 2. The first-order valence-electron chi connectivity index (χ1n) is 9.90. The van der Waals surface area contributed by atoms with Crippen LogP contribution in [0.3, 0.4) is 0 Å². The van der Waals surface area contributed by atoms with Gasteiger partial charge in [-0.2, -0.15) is 16.8 Å². The molecule has 0 aromatic heterocycles. The summed E-state index contributed by atoms with van der Waals surface area (Å²) in [4.78, 5) is 12.2. The summed E-state index contributed by atoms with van der Waals surface area (Å²) in [6.07, 6.45) is 6.09. The van der Waals surface area contributed by atoms with Gasteiger partial charge in [0, 0.05) is 0 Å². The van der Waals surface area contributed by atoms with Gasteiger partial charge in [-0.1, -0.05) is 24.3 Å². The van der Waals surface area contributed by atoms with Crippen LogP contribution in [0, 0.1) is 13.8 Å². The lowest BCUT2D eigenvalue weighted by molar-refractivity contribution is -0.110. The molecule has 2 aromatic rings. The van der Waals surface area contributed by atoms with Crippen LogP contribution in [-0.2, 0) is 25.0 Å². The van der Waals surface area contributed by atoms with Crippen LogP contribution in [0.5, 0.6) is 11.5 Å². The molecular weight excluding hydrogens is 452 g/mol. The fourth-order valence-corrected chi connectivity index (χ4v) is 3.61. The summed E-state index contributed by atoms with van der Waals surface area (Å²) >= 11 is 0. The maximum Gasteiger partial charge on any atom is 0.308 e. The van der Waals surface area contributed by atoms with Crippen LogP contribution in [0.2, 0.25) is 0 Å². The molecule has 0 saturated carbocycles. The number of ketones is 1. The molecule has 0 amide bonds. The lowest BCUT2D eigenvalue weighted by Gasteiger charge is -2.07. The maximum atomic E-state index is 12.2. The summed E-state index contributed by atoms with van der Waals surface area (Å²) in [6, 6.07) is 9.61. The zero-order valence-corrected chi connectivity index (χ0v) is 20.0. The van der Waals surface area contributed by atoms with E-state index in [9.17, 15) is 21.6 Å². The molecule has 0 radical (unpaired) electrons. The SMILES string of the molecule is CCS(=O)(=O)Oc1ccc(/C=C/C(=O)/C=C/c2ccc(OS(=O)(=O)CC)cc2C)c(C)c1. The van der Waals surface area contributed by atoms with E-state index in [1.807, 2.05) is 0 Å². The second-order valence-electron chi connectivity index (χ2n) is 6.97. The van der Waals surface area contributed by atoms with Gasteiger partial charge in [-0.15, -0.1) is 0 Å². The Labute approximate surface area is 189 Å². The number of hydrogen-bond acceptors (Lipinski definition) is 7. The molecule has 0 aliphatic heterocycles. The molecule has 0 unspecified atom stereocenters. The molecule has 0 N–H and O–H groups in total. The van der Waals surface area contributed by atoms with Gasteiger partial charge >= 0.3 is 20.2 Å². The van der Waals surface area contributed by atoms with Gasteiger partial charge in [0.2, 0.25) is 0 Å². The molecule has 0 fully saturated rings. The highest BCUT2D eigenvalue weighted by Gasteiger charge is 2.11. The smallest absolute Gasteiger partial charge is 0.308 e. The van der Waals surface area contributed by atoms with Crippen LogP contribution < -0.4 is 8.37 Å². The van der Waals surface area contributed by atoms with Gasteiger partial charge in [0.1, 0.15) is 11.5 Å². The average molecular weight is 479 g/mol. The number of carbonyl (C=O) groups excluding carboxylic acids is 1. The van der Waals surface area contributed by atoms with Gasteiger partial charge in [0.05, 0.1) is 11.5 Å². The van der Waals surface area contributed by atoms with Crippen molar-refractivity contribution in [1.82, 2.24) is 0 Å². The summed E-state index contributed by atoms with van der Waals surface area (Å²) in [7, 11) is -7.19. The number of rotatable bonds is 10. The minimum absolute atomic E-state index is 0.123. The molecule has 32 heavy (non-hydrogen) atoms. The van der Waals surface area contributed by atoms with E-state index in [1.54, 1.807) is 50.3 Å². The third-order valence-corrected chi connectivity index (χ3v) is 6.80.